The number of rotatable bonds is 2. The maximum atomic E-state index is 5.70. The van der Waals surface area contributed by atoms with Crippen molar-refractivity contribution in [2.45, 2.75) is 0 Å². The number of nitrogens with one attached hydrogen (secondary N) is 2. The largest absolute Gasteiger partial charge is 0.383 e. The van der Waals surface area contributed by atoms with Crippen LogP contribution in [0.3, 0.4) is 0 Å². The van der Waals surface area contributed by atoms with E-state index in [9.17, 15) is 0 Å². The van der Waals surface area contributed by atoms with Crippen molar-refractivity contribution >= 4 is 23.1 Å². The molecular formula is C5H8ClN5. The van der Waals surface area contributed by atoms with Crippen LogP contribution in [0, 0.1) is 0 Å². The van der Waals surface area contributed by atoms with Crippen LogP contribution in [0.25, 0.3) is 0 Å². The van der Waals surface area contributed by atoms with Gasteiger partial charge in [-0.05, 0) is 0 Å². The number of anilines is 2. The summed E-state index contributed by atoms with van der Waals surface area (Å²) in [5, 5.41) is 3.16. The van der Waals surface area contributed by atoms with Crippen molar-refractivity contribution in [2.24, 2.45) is 5.84 Å². The molecule has 1 aromatic rings. The fraction of sp³-hybridized carbons (Fsp3) is 0.200. The van der Waals surface area contributed by atoms with Gasteiger partial charge in [-0.2, -0.15) is 0 Å². The maximum Gasteiger partial charge on any atom is 0.168 e. The van der Waals surface area contributed by atoms with Crippen LogP contribution >= 0.6 is 11.6 Å². The molecule has 0 amide bonds. The van der Waals surface area contributed by atoms with E-state index in [4.69, 9.17) is 17.4 Å². The average Bonchev–Trinajstić information content (AvgIpc) is 2.04. The van der Waals surface area contributed by atoms with Gasteiger partial charge in [-0.15, -0.1) is 0 Å². The van der Waals surface area contributed by atoms with Crippen molar-refractivity contribution < 1.29 is 0 Å². The lowest BCUT2D eigenvalue weighted by molar-refractivity contribution is 1.13. The Morgan fingerprint density at radius 3 is 2.73 bits per heavy atom. The molecule has 0 aromatic carbocycles. The predicted molar refractivity (Wildman–Crippen MR) is 44.4 cm³/mol. The first-order valence-corrected chi connectivity index (χ1v) is 3.32. The van der Waals surface area contributed by atoms with E-state index in [1.54, 1.807) is 7.05 Å². The molecule has 0 aliphatic heterocycles. The third kappa shape index (κ3) is 1.50. The molecule has 0 aliphatic carbocycles. The highest BCUT2D eigenvalue weighted by molar-refractivity contribution is 6.32. The Balaban J connectivity index is 3.13. The van der Waals surface area contributed by atoms with Gasteiger partial charge in [0.25, 0.3) is 0 Å². The monoisotopic (exact) mass is 173 g/mol. The van der Waals surface area contributed by atoms with Crippen LogP contribution in [0.5, 0.6) is 0 Å². The van der Waals surface area contributed by atoms with Gasteiger partial charge in [0.1, 0.15) is 12.0 Å². The van der Waals surface area contributed by atoms with Crippen molar-refractivity contribution in [1.82, 2.24) is 9.97 Å². The number of nitrogen functional groups attached to an aromatic ring is 1. The lowest BCUT2D eigenvalue weighted by Crippen LogP contribution is -2.11. The van der Waals surface area contributed by atoms with Crippen LogP contribution in [0.2, 0.25) is 5.15 Å². The number of nitrogens with zero attached hydrogens (tertiary/aromatic N) is 2. The molecule has 6 heteroatoms. The zero-order valence-electron chi connectivity index (χ0n) is 5.93. The minimum Gasteiger partial charge on any atom is -0.383 e. The van der Waals surface area contributed by atoms with Gasteiger partial charge in [0.2, 0.25) is 0 Å². The van der Waals surface area contributed by atoms with Crippen LogP contribution < -0.4 is 16.6 Å². The quantitative estimate of drug-likeness (QED) is 0.344. The molecule has 0 atom stereocenters. The van der Waals surface area contributed by atoms with Crippen LogP contribution in [-0.4, -0.2) is 17.0 Å². The second-order valence-corrected chi connectivity index (χ2v) is 2.14. The lowest BCUT2D eigenvalue weighted by atomic mass is 10.5. The number of hydrogen-bond acceptors (Lipinski definition) is 5. The highest BCUT2D eigenvalue weighted by atomic mass is 35.5. The summed E-state index contributed by atoms with van der Waals surface area (Å²) in [4.78, 5) is 7.59. The summed E-state index contributed by atoms with van der Waals surface area (Å²) < 4.78 is 0. The maximum absolute atomic E-state index is 5.70. The van der Waals surface area contributed by atoms with E-state index >= 15 is 0 Å². The van der Waals surface area contributed by atoms with Gasteiger partial charge in [-0.1, -0.05) is 11.6 Å². The Labute approximate surface area is 68.9 Å². The molecular weight excluding hydrogens is 166 g/mol. The van der Waals surface area contributed by atoms with E-state index in [-0.39, 0.29) is 0 Å². The molecule has 5 nitrogen and oxygen atoms in total. The third-order valence-electron chi connectivity index (χ3n) is 1.19. The van der Waals surface area contributed by atoms with E-state index in [0.717, 1.165) is 0 Å². The smallest absolute Gasteiger partial charge is 0.168 e. The minimum absolute atomic E-state index is 0.343. The number of halogens is 1. The lowest BCUT2D eigenvalue weighted by Gasteiger charge is -2.06. The summed E-state index contributed by atoms with van der Waals surface area (Å²) in [6, 6.07) is 0. The highest BCUT2D eigenvalue weighted by Gasteiger charge is 2.04. The third-order valence-corrected chi connectivity index (χ3v) is 1.47. The van der Waals surface area contributed by atoms with Gasteiger partial charge in [0.15, 0.2) is 11.0 Å². The molecule has 0 unspecified atom stereocenters. The number of hydrazine groups is 1. The second kappa shape index (κ2) is 3.36. The van der Waals surface area contributed by atoms with Gasteiger partial charge in [0.05, 0.1) is 0 Å². The Morgan fingerprint density at radius 2 is 2.27 bits per heavy atom. The van der Waals surface area contributed by atoms with Gasteiger partial charge >= 0.3 is 0 Å². The van der Waals surface area contributed by atoms with E-state index in [1.165, 1.54) is 6.33 Å². The minimum atomic E-state index is 0.343. The zero-order chi connectivity index (χ0) is 8.27. The predicted octanol–water partition coefficient (Wildman–Crippen LogP) is 0.457. The van der Waals surface area contributed by atoms with Gasteiger partial charge in [-0.3, -0.25) is 0 Å². The molecule has 0 fully saturated rings. The molecule has 4 N–H and O–H groups in total. The molecule has 0 spiro atoms. The molecule has 11 heavy (non-hydrogen) atoms. The fourth-order valence-electron chi connectivity index (χ4n) is 0.695. The average molecular weight is 174 g/mol. The highest BCUT2D eigenvalue weighted by Crippen LogP contribution is 2.23. The molecule has 0 bridgehead atoms. The van der Waals surface area contributed by atoms with Crippen LogP contribution in [0.1, 0.15) is 0 Å². The first-order valence-electron chi connectivity index (χ1n) is 2.94. The van der Waals surface area contributed by atoms with E-state index in [0.29, 0.717) is 16.7 Å². The topological polar surface area (TPSA) is 75.9 Å². The molecule has 0 saturated heterocycles. The normalized spacial score (nSPS) is 9.36. The van der Waals surface area contributed by atoms with E-state index < -0.39 is 0 Å². The van der Waals surface area contributed by atoms with E-state index in [1.807, 2.05) is 0 Å². The van der Waals surface area contributed by atoms with Crippen molar-refractivity contribution in [2.75, 3.05) is 17.8 Å². The standard InChI is InChI=1S/C5H8ClN5/c1-8-3-4(6)9-2-10-5(3)11-7/h2,8H,7H2,1H3,(H,9,10,11). The summed E-state index contributed by atoms with van der Waals surface area (Å²) in [5.41, 5.74) is 2.98. The first-order chi connectivity index (χ1) is 5.29. The van der Waals surface area contributed by atoms with Gasteiger partial charge in [0, 0.05) is 7.05 Å². The Hall–Kier alpha value is -1.07. The van der Waals surface area contributed by atoms with Crippen LogP contribution in [-0.2, 0) is 0 Å². The summed E-state index contributed by atoms with van der Waals surface area (Å²) >= 11 is 5.70. The van der Waals surface area contributed by atoms with Gasteiger partial charge < -0.3 is 10.7 Å². The molecule has 60 valence electrons. The number of hydrogen-bond donors (Lipinski definition) is 3. The van der Waals surface area contributed by atoms with Crippen molar-refractivity contribution in [1.29, 1.82) is 0 Å². The molecule has 0 radical (unpaired) electrons. The molecule has 0 aliphatic rings. The zero-order valence-corrected chi connectivity index (χ0v) is 6.68. The SMILES string of the molecule is CNc1c(Cl)ncnc1NN. The Kier molecular flexibility index (Phi) is 2.45. The number of aromatic nitrogens is 2. The number of nitrogens with two attached hydrogens (primary N) is 1. The molecule has 1 aromatic heterocycles. The van der Waals surface area contributed by atoms with Crippen molar-refractivity contribution in [3.8, 4) is 0 Å². The van der Waals surface area contributed by atoms with Crippen molar-refractivity contribution in [3.63, 3.8) is 0 Å². The first kappa shape index (κ1) is 8.03. The second-order valence-electron chi connectivity index (χ2n) is 1.78. The van der Waals surface area contributed by atoms with Crippen LogP contribution in [0.15, 0.2) is 6.33 Å². The molecule has 0 saturated carbocycles. The summed E-state index contributed by atoms with van der Waals surface area (Å²) in [5.74, 6) is 5.64. The Morgan fingerprint density at radius 1 is 1.55 bits per heavy atom. The summed E-state index contributed by atoms with van der Waals surface area (Å²) in [6.07, 6.45) is 1.33. The van der Waals surface area contributed by atoms with E-state index in [2.05, 4.69) is 20.7 Å². The van der Waals surface area contributed by atoms with Crippen molar-refractivity contribution in [3.05, 3.63) is 11.5 Å². The summed E-state index contributed by atoms with van der Waals surface area (Å²) in [7, 11) is 1.71. The van der Waals surface area contributed by atoms with Gasteiger partial charge in [-0.25, -0.2) is 15.8 Å². The summed E-state index contributed by atoms with van der Waals surface area (Å²) in [6.45, 7) is 0. The Bertz CT molecular complexity index is 251. The van der Waals surface area contributed by atoms with Crippen LogP contribution in [0.4, 0.5) is 11.5 Å². The fourth-order valence-corrected chi connectivity index (χ4v) is 0.923. The molecule has 1 rings (SSSR count). The molecule has 1 heterocycles.